The van der Waals surface area contributed by atoms with E-state index in [9.17, 15) is 10.1 Å². The van der Waals surface area contributed by atoms with Crippen molar-refractivity contribution in [2.75, 3.05) is 6.61 Å². The fourth-order valence-electron chi connectivity index (χ4n) is 1.94. The Morgan fingerprint density at radius 2 is 2.22 bits per heavy atom. The van der Waals surface area contributed by atoms with Crippen LogP contribution in [0.5, 0.6) is 5.75 Å². The molecule has 5 nitrogen and oxygen atoms in total. The number of nitrogens with zero attached hydrogens (tertiary/aromatic N) is 1. The second-order valence-corrected chi connectivity index (χ2v) is 3.93. The summed E-state index contributed by atoms with van der Waals surface area (Å²) in [4.78, 5) is 10.5. The Balaban J connectivity index is 2.46. The molecule has 0 aromatic heterocycles. The molecule has 1 atom stereocenters. The van der Waals surface area contributed by atoms with Crippen LogP contribution in [-0.4, -0.2) is 17.8 Å². The van der Waals surface area contributed by atoms with Gasteiger partial charge in [0.1, 0.15) is 0 Å². The Kier molecular flexibility index (Phi) is 3.62. The van der Waals surface area contributed by atoms with Crippen molar-refractivity contribution in [3.8, 4) is 5.75 Å². The van der Waals surface area contributed by atoms with Crippen molar-refractivity contribution < 1.29 is 14.4 Å². The molecule has 0 bridgehead atoms. The van der Waals surface area contributed by atoms with Crippen LogP contribution in [0.3, 0.4) is 0 Å². The van der Waals surface area contributed by atoms with Crippen LogP contribution in [0.2, 0.25) is 0 Å². The second kappa shape index (κ2) is 5.18. The monoisotopic (exact) mass is 249 g/mol. The maximum Gasteiger partial charge on any atom is 0.311 e. The number of fused-ring (bicyclic) bond motifs is 1. The first-order valence-corrected chi connectivity index (χ1v) is 5.93. The van der Waals surface area contributed by atoms with Gasteiger partial charge in [-0.05, 0) is 25.0 Å². The number of benzene rings is 1. The first-order chi connectivity index (χ1) is 8.67. The molecule has 1 heterocycles. The van der Waals surface area contributed by atoms with Crippen LogP contribution in [0.15, 0.2) is 23.8 Å². The molecule has 0 spiro atoms. The molecule has 96 valence electrons. The van der Waals surface area contributed by atoms with E-state index in [1.54, 1.807) is 12.1 Å². The zero-order valence-corrected chi connectivity index (χ0v) is 10.4. The molecule has 1 aromatic rings. The molecule has 2 rings (SSSR count). The predicted octanol–water partition coefficient (Wildman–Crippen LogP) is 3.14. The van der Waals surface area contributed by atoms with Crippen LogP contribution < -0.4 is 4.74 Å². The van der Waals surface area contributed by atoms with Gasteiger partial charge in [-0.1, -0.05) is 19.1 Å². The van der Waals surface area contributed by atoms with E-state index in [1.165, 1.54) is 6.07 Å². The third-order valence-corrected chi connectivity index (χ3v) is 2.82. The number of rotatable bonds is 4. The summed E-state index contributed by atoms with van der Waals surface area (Å²) in [5, 5.41) is 11.0. The average molecular weight is 249 g/mol. The molecule has 0 N–H and O–H groups in total. The molecule has 0 fully saturated rings. The fourth-order valence-corrected chi connectivity index (χ4v) is 1.94. The van der Waals surface area contributed by atoms with E-state index < -0.39 is 11.2 Å². The summed E-state index contributed by atoms with van der Waals surface area (Å²) in [6.45, 7) is 4.37. The third kappa shape index (κ3) is 2.22. The van der Waals surface area contributed by atoms with E-state index in [-0.39, 0.29) is 11.4 Å². The van der Waals surface area contributed by atoms with Crippen molar-refractivity contribution >= 4 is 11.8 Å². The number of para-hydroxylation sites is 1. The highest BCUT2D eigenvalue weighted by Crippen LogP contribution is 2.38. The molecule has 5 heteroatoms. The summed E-state index contributed by atoms with van der Waals surface area (Å²) in [5.41, 5.74) is 1.70. The van der Waals surface area contributed by atoms with Crippen LogP contribution in [0.1, 0.15) is 25.8 Å². The van der Waals surface area contributed by atoms with Crippen LogP contribution in [0.4, 0.5) is 5.69 Å². The highest BCUT2D eigenvalue weighted by atomic mass is 16.7. The fraction of sp³-hybridized carbons (Fsp3) is 0.385. The summed E-state index contributed by atoms with van der Waals surface area (Å²) < 4.78 is 11.1. The highest BCUT2D eigenvalue weighted by Gasteiger charge is 2.28. The first kappa shape index (κ1) is 12.6. The van der Waals surface area contributed by atoms with Crippen molar-refractivity contribution in [3.63, 3.8) is 0 Å². The van der Waals surface area contributed by atoms with Gasteiger partial charge in [0.2, 0.25) is 12.0 Å². The van der Waals surface area contributed by atoms with E-state index in [0.717, 1.165) is 17.6 Å². The minimum absolute atomic E-state index is 0.0244. The molecule has 0 aliphatic carbocycles. The normalized spacial score (nSPS) is 17.7. The molecule has 0 amide bonds. The summed E-state index contributed by atoms with van der Waals surface area (Å²) in [5.74, 6) is 0.290. The molecule has 0 saturated carbocycles. The van der Waals surface area contributed by atoms with Gasteiger partial charge in [-0.2, -0.15) is 0 Å². The lowest BCUT2D eigenvalue weighted by Gasteiger charge is -2.26. The van der Waals surface area contributed by atoms with Crippen LogP contribution in [0, 0.1) is 10.1 Å². The molecule has 1 aliphatic heterocycles. The van der Waals surface area contributed by atoms with E-state index in [1.807, 2.05) is 19.9 Å². The van der Waals surface area contributed by atoms with Gasteiger partial charge < -0.3 is 9.47 Å². The second-order valence-electron chi connectivity index (χ2n) is 3.93. The SMILES string of the molecule is CCOC1Oc2c(cccc2[N+](=O)[O-])C=C1CC. The topological polar surface area (TPSA) is 61.6 Å². The highest BCUT2D eigenvalue weighted by molar-refractivity contribution is 5.68. The molecule has 0 saturated heterocycles. The maximum absolute atomic E-state index is 11.0. The summed E-state index contributed by atoms with van der Waals surface area (Å²) in [7, 11) is 0. The van der Waals surface area contributed by atoms with E-state index >= 15 is 0 Å². The molecule has 0 radical (unpaired) electrons. The predicted molar refractivity (Wildman–Crippen MR) is 67.4 cm³/mol. The van der Waals surface area contributed by atoms with Crippen molar-refractivity contribution in [1.82, 2.24) is 0 Å². The van der Waals surface area contributed by atoms with Gasteiger partial charge in [0, 0.05) is 18.2 Å². The summed E-state index contributed by atoms with van der Waals surface area (Å²) in [6.07, 6.45) is 2.17. The van der Waals surface area contributed by atoms with Gasteiger partial charge in [0.05, 0.1) is 4.92 Å². The largest absolute Gasteiger partial charge is 0.453 e. The van der Waals surface area contributed by atoms with E-state index in [2.05, 4.69) is 0 Å². The lowest BCUT2D eigenvalue weighted by molar-refractivity contribution is -0.386. The van der Waals surface area contributed by atoms with Crippen molar-refractivity contribution in [3.05, 3.63) is 39.4 Å². The maximum atomic E-state index is 11.0. The van der Waals surface area contributed by atoms with Gasteiger partial charge >= 0.3 is 5.69 Å². The smallest absolute Gasteiger partial charge is 0.311 e. The number of nitro benzene ring substituents is 1. The molecule has 1 aromatic carbocycles. The Labute approximate surface area is 105 Å². The molecular weight excluding hydrogens is 234 g/mol. The Hall–Kier alpha value is -1.88. The van der Waals surface area contributed by atoms with Crippen LogP contribution >= 0.6 is 0 Å². The number of hydrogen-bond donors (Lipinski definition) is 0. The minimum Gasteiger partial charge on any atom is -0.453 e. The van der Waals surface area contributed by atoms with Crippen LogP contribution in [-0.2, 0) is 4.74 Å². The van der Waals surface area contributed by atoms with Crippen molar-refractivity contribution in [2.45, 2.75) is 26.6 Å². The number of ether oxygens (including phenoxy) is 2. The van der Waals surface area contributed by atoms with E-state index in [0.29, 0.717) is 6.61 Å². The third-order valence-electron chi connectivity index (χ3n) is 2.82. The van der Waals surface area contributed by atoms with Gasteiger partial charge in [-0.3, -0.25) is 10.1 Å². The first-order valence-electron chi connectivity index (χ1n) is 5.93. The molecule has 18 heavy (non-hydrogen) atoms. The number of nitro groups is 1. The molecular formula is C13H15NO4. The quantitative estimate of drug-likeness (QED) is 0.607. The Morgan fingerprint density at radius 3 is 2.83 bits per heavy atom. The minimum atomic E-state index is -0.520. The zero-order chi connectivity index (χ0) is 13.1. The van der Waals surface area contributed by atoms with Crippen molar-refractivity contribution in [1.29, 1.82) is 0 Å². The molecule has 1 unspecified atom stereocenters. The van der Waals surface area contributed by atoms with E-state index in [4.69, 9.17) is 9.47 Å². The summed E-state index contributed by atoms with van der Waals surface area (Å²) >= 11 is 0. The Bertz CT molecular complexity index is 496. The van der Waals surface area contributed by atoms with Gasteiger partial charge in [0.25, 0.3) is 0 Å². The number of hydrogen-bond acceptors (Lipinski definition) is 4. The van der Waals surface area contributed by atoms with Crippen LogP contribution in [0.25, 0.3) is 6.08 Å². The lowest BCUT2D eigenvalue weighted by atomic mass is 10.0. The molecule has 1 aliphatic rings. The average Bonchev–Trinajstić information content (AvgIpc) is 2.37. The summed E-state index contributed by atoms with van der Waals surface area (Å²) in [6, 6.07) is 4.90. The van der Waals surface area contributed by atoms with Crippen molar-refractivity contribution in [2.24, 2.45) is 0 Å². The van der Waals surface area contributed by atoms with Gasteiger partial charge in [-0.25, -0.2) is 0 Å². The van der Waals surface area contributed by atoms with Gasteiger partial charge in [0.15, 0.2) is 0 Å². The van der Waals surface area contributed by atoms with Gasteiger partial charge in [-0.15, -0.1) is 0 Å². The standard InChI is InChI=1S/C13H15NO4/c1-3-9-8-10-6-5-7-11(14(15)16)12(10)18-13(9)17-4-2/h5-8,13H,3-4H2,1-2H3. The zero-order valence-electron chi connectivity index (χ0n) is 10.4. The lowest BCUT2D eigenvalue weighted by Crippen LogP contribution is -2.26. The Morgan fingerprint density at radius 1 is 1.44 bits per heavy atom.